The molecule has 1 saturated heterocycles. The molecule has 0 saturated carbocycles. The first-order valence-corrected chi connectivity index (χ1v) is 6.29. The monoisotopic (exact) mass is 234 g/mol. The Morgan fingerprint density at radius 1 is 1.41 bits per heavy atom. The molecular formula is C14H22N2O. The summed E-state index contributed by atoms with van der Waals surface area (Å²) in [5.74, 6) is 0.747. The third-order valence-corrected chi connectivity index (χ3v) is 3.59. The van der Waals surface area contributed by atoms with Crippen LogP contribution in [-0.4, -0.2) is 43.7 Å². The van der Waals surface area contributed by atoms with Crippen LogP contribution in [0.3, 0.4) is 0 Å². The van der Waals surface area contributed by atoms with Gasteiger partial charge in [-0.3, -0.25) is 0 Å². The van der Waals surface area contributed by atoms with E-state index in [1.165, 1.54) is 19.5 Å². The molecule has 1 N–H and O–H groups in total. The molecule has 0 aromatic heterocycles. The zero-order chi connectivity index (χ0) is 12.3. The summed E-state index contributed by atoms with van der Waals surface area (Å²) in [6.07, 6.45) is 1.28. The van der Waals surface area contributed by atoms with Gasteiger partial charge in [0.15, 0.2) is 0 Å². The van der Waals surface area contributed by atoms with E-state index in [9.17, 15) is 5.11 Å². The van der Waals surface area contributed by atoms with Crippen LogP contribution in [0, 0.1) is 5.92 Å². The molecule has 1 fully saturated rings. The van der Waals surface area contributed by atoms with Gasteiger partial charge in [-0.15, -0.1) is 0 Å². The van der Waals surface area contributed by atoms with Crippen molar-refractivity contribution >= 4 is 5.69 Å². The average Bonchev–Trinajstić information content (AvgIpc) is 2.74. The quantitative estimate of drug-likeness (QED) is 0.856. The van der Waals surface area contributed by atoms with E-state index in [1.54, 1.807) is 0 Å². The number of hydrogen-bond donors (Lipinski definition) is 1. The largest absolute Gasteiger partial charge is 0.392 e. The first kappa shape index (κ1) is 12.4. The molecule has 0 radical (unpaired) electrons. The molecule has 94 valence electrons. The van der Waals surface area contributed by atoms with E-state index in [2.05, 4.69) is 30.0 Å². The van der Waals surface area contributed by atoms with E-state index < -0.39 is 0 Å². The number of aliphatic hydroxyl groups excluding tert-OH is 1. The van der Waals surface area contributed by atoms with Crippen molar-refractivity contribution in [1.82, 2.24) is 4.90 Å². The number of para-hydroxylation sites is 1. The van der Waals surface area contributed by atoms with Gasteiger partial charge in [-0.25, -0.2) is 0 Å². The minimum atomic E-state index is 0.116. The van der Waals surface area contributed by atoms with Gasteiger partial charge in [0.1, 0.15) is 0 Å². The normalized spacial score (nSPS) is 20.8. The number of aliphatic hydroxyl groups is 1. The van der Waals surface area contributed by atoms with Crippen molar-refractivity contribution in [3.05, 3.63) is 29.8 Å². The van der Waals surface area contributed by atoms with Crippen LogP contribution in [-0.2, 0) is 6.61 Å². The van der Waals surface area contributed by atoms with Crippen molar-refractivity contribution in [1.29, 1.82) is 0 Å². The summed E-state index contributed by atoms with van der Waals surface area (Å²) in [5.41, 5.74) is 2.17. The lowest BCUT2D eigenvalue weighted by Crippen LogP contribution is -2.27. The van der Waals surface area contributed by atoms with E-state index in [0.717, 1.165) is 23.7 Å². The number of hydrogen-bond acceptors (Lipinski definition) is 3. The van der Waals surface area contributed by atoms with Crippen molar-refractivity contribution < 1.29 is 5.11 Å². The number of anilines is 1. The fourth-order valence-corrected chi connectivity index (χ4v) is 2.68. The Morgan fingerprint density at radius 3 is 2.82 bits per heavy atom. The van der Waals surface area contributed by atoms with Gasteiger partial charge in [0.2, 0.25) is 0 Å². The first-order valence-electron chi connectivity index (χ1n) is 6.29. The fraction of sp³-hybridized carbons (Fsp3) is 0.571. The molecule has 0 aliphatic carbocycles. The van der Waals surface area contributed by atoms with Gasteiger partial charge in [-0.05, 0) is 32.0 Å². The van der Waals surface area contributed by atoms with Crippen LogP contribution >= 0.6 is 0 Å². The van der Waals surface area contributed by atoms with Crippen LogP contribution in [0.5, 0.6) is 0 Å². The zero-order valence-electron chi connectivity index (χ0n) is 10.8. The standard InChI is InChI=1S/C14H22N2O/c1-15-8-7-12(9-15)10-16(2)14-6-4-3-5-13(14)11-17/h3-6,12,17H,7-11H2,1-2H3. The third kappa shape index (κ3) is 2.99. The molecule has 0 amide bonds. The molecule has 1 aliphatic rings. The van der Waals surface area contributed by atoms with Crippen molar-refractivity contribution in [3.8, 4) is 0 Å². The second kappa shape index (κ2) is 5.52. The van der Waals surface area contributed by atoms with Crippen molar-refractivity contribution in [3.63, 3.8) is 0 Å². The molecule has 1 aliphatic heterocycles. The van der Waals surface area contributed by atoms with Crippen LogP contribution in [0.15, 0.2) is 24.3 Å². The maximum Gasteiger partial charge on any atom is 0.0702 e. The number of rotatable bonds is 4. The van der Waals surface area contributed by atoms with E-state index in [0.29, 0.717) is 0 Å². The van der Waals surface area contributed by atoms with E-state index >= 15 is 0 Å². The summed E-state index contributed by atoms with van der Waals surface area (Å²) in [5, 5.41) is 9.34. The average molecular weight is 234 g/mol. The molecule has 1 aromatic rings. The van der Waals surface area contributed by atoms with Gasteiger partial charge in [0.25, 0.3) is 0 Å². The lowest BCUT2D eigenvalue weighted by atomic mass is 10.1. The molecule has 17 heavy (non-hydrogen) atoms. The molecule has 2 rings (SSSR count). The summed E-state index contributed by atoms with van der Waals surface area (Å²) in [4.78, 5) is 4.66. The molecular weight excluding hydrogens is 212 g/mol. The number of nitrogens with zero attached hydrogens (tertiary/aromatic N) is 2. The predicted octanol–water partition coefficient (Wildman–Crippen LogP) is 1.57. The van der Waals surface area contributed by atoms with Crippen LogP contribution in [0.4, 0.5) is 5.69 Å². The second-order valence-corrected chi connectivity index (χ2v) is 5.08. The highest BCUT2D eigenvalue weighted by Gasteiger charge is 2.21. The van der Waals surface area contributed by atoms with Crippen molar-refractivity contribution in [2.75, 3.05) is 38.6 Å². The van der Waals surface area contributed by atoms with E-state index in [4.69, 9.17) is 0 Å². The van der Waals surface area contributed by atoms with Crippen molar-refractivity contribution in [2.45, 2.75) is 13.0 Å². The molecule has 0 bridgehead atoms. The summed E-state index contributed by atoms with van der Waals surface area (Å²) < 4.78 is 0. The Bertz CT molecular complexity index is 367. The Balaban J connectivity index is 2.01. The lowest BCUT2D eigenvalue weighted by molar-refractivity contribution is 0.282. The van der Waals surface area contributed by atoms with Crippen LogP contribution in [0.1, 0.15) is 12.0 Å². The zero-order valence-corrected chi connectivity index (χ0v) is 10.8. The van der Waals surface area contributed by atoms with Crippen LogP contribution in [0.2, 0.25) is 0 Å². The van der Waals surface area contributed by atoms with Crippen LogP contribution in [0.25, 0.3) is 0 Å². The maximum absolute atomic E-state index is 9.34. The lowest BCUT2D eigenvalue weighted by Gasteiger charge is -2.25. The minimum absolute atomic E-state index is 0.116. The fourth-order valence-electron chi connectivity index (χ4n) is 2.68. The van der Waals surface area contributed by atoms with Gasteiger partial charge >= 0.3 is 0 Å². The van der Waals surface area contributed by atoms with E-state index in [1.807, 2.05) is 18.2 Å². The summed E-state index contributed by atoms with van der Waals surface area (Å²) >= 11 is 0. The summed E-state index contributed by atoms with van der Waals surface area (Å²) in [6.45, 7) is 3.58. The first-order chi connectivity index (χ1) is 8.20. The Kier molecular flexibility index (Phi) is 4.02. The molecule has 1 aromatic carbocycles. The van der Waals surface area contributed by atoms with Gasteiger partial charge < -0.3 is 14.9 Å². The van der Waals surface area contributed by atoms with Crippen molar-refractivity contribution in [2.24, 2.45) is 5.92 Å². The topological polar surface area (TPSA) is 26.7 Å². The SMILES string of the molecule is CN1CCC(CN(C)c2ccccc2CO)C1. The highest BCUT2D eigenvalue weighted by atomic mass is 16.3. The molecule has 3 nitrogen and oxygen atoms in total. The molecule has 1 unspecified atom stereocenters. The van der Waals surface area contributed by atoms with Gasteiger partial charge in [0.05, 0.1) is 6.61 Å². The Hall–Kier alpha value is -1.06. The highest BCUT2D eigenvalue weighted by Crippen LogP contribution is 2.22. The Labute approximate surface area is 104 Å². The Morgan fingerprint density at radius 2 is 2.18 bits per heavy atom. The molecule has 1 heterocycles. The highest BCUT2D eigenvalue weighted by molar-refractivity contribution is 5.52. The molecule has 3 heteroatoms. The smallest absolute Gasteiger partial charge is 0.0702 e. The minimum Gasteiger partial charge on any atom is -0.392 e. The second-order valence-electron chi connectivity index (χ2n) is 5.08. The maximum atomic E-state index is 9.34. The number of benzene rings is 1. The van der Waals surface area contributed by atoms with Crippen LogP contribution < -0.4 is 4.90 Å². The summed E-state index contributed by atoms with van der Waals surface area (Å²) in [7, 11) is 4.30. The molecule has 0 spiro atoms. The summed E-state index contributed by atoms with van der Waals surface area (Å²) in [6, 6.07) is 8.09. The predicted molar refractivity (Wildman–Crippen MR) is 71.2 cm³/mol. The van der Waals surface area contributed by atoms with Gasteiger partial charge in [-0.2, -0.15) is 0 Å². The third-order valence-electron chi connectivity index (χ3n) is 3.59. The van der Waals surface area contributed by atoms with Gasteiger partial charge in [-0.1, -0.05) is 18.2 Å². The van der Waals surface area contributed by atoms with Gasteiger partial charge in [0, 0.05) is 31.4 Å². The number of likely N-dealkylation sites (tertiary alicyclic amines) is 1. The van der Waals surface area contributed by atoms with E-state index in [-0.39, 0.29) is 6.61 Å². The molecule has 1 atom stereocenters.